The van der Waals surface area contributed by atoms with Gasteiger partial charge in [0, 0.05) is 38.0 Å². The van der Waals surface area contributed by atoms with Crippen molar-refractivity contribution in [2.45, 2.75) is 73.0 Å². The number of carbonyl (C=O) groups is 2. The van der Waals surface area contributed by atoms with Crippen molar-refractivity contribution in [1.29, 1.82) is 0 Å². The van der Waals surface area contributed by atoms with E-state index < -0.39 is 5.79 Å². The Hall–Kier alpha value is -1.88. The lowest BCUT2D eigenvalue weighted by molar-refractivity contribution is -0.164. The topological polar surface area (TPSA) is 61.8 Å². The predicted octanol–water partition coefficient (Wildman–Crippen LogP) is 5.57. The second-order valence-electron chi connectivity index (χ2n) is 10.6. The number of rotatable bonds is 6. The molecule has 3 rings (SSSR count). The molecule has 5 nitrogen and oxygen atoms in total. The summed E-state index contributed by atoms with van der Waals surface area (Å²) in [5, 5.41) is 0. The van der Waals surface area contributed by atoms with Crippen LogP contribution in [0.15, 0.2) is 35.3 Å². The predicted molar refractivity (Wildman–Crippen MR) is 120 cm³/mol. The summed E-state index contributed by atoms with van der Waals surface area (Å²) in [4.78, 5) is 24.4. The number of hydrogen-bond acceptors (Lipinski definition) is 5. The Balaban J connectivity index is 2.03. The van der Waals surface area contributed by atoms with Gasteiger partial charge in [-0.1, -0.05) is 26.3 Å². The maximum Gasteiger partial charge on any atom is 0.335 e. The zero-order valence-corrected chi connectivity index (χ0v) is 20.1. The van der Waals surface area contributed by atoms with Gasteiger partial charge < -0.3 is 14.2 Å². The number of hydrogen-bond donors (Lipinski definition) is 0. The van der Waals surface area contributed by atoms with Gasteiger partial charge in [0.15, 0.2) is 0 Å². The van der Waals surface area contributed by atoms with E-state index in [1.54, 1.807) is 7.11 Å². The molecule has 3 aliphatic rings. The molecule has 6 atom stereocenters. The van der Waals surface area contributed by atoms with Crippen LogP contribution in [0.3, 0.4) is 0 Å². The smallest absolute Gasteiger partial charge is 0.335 e. The number of esters is 1. The Bertz CT molecular complexity index is 803. The molecule has 5 heteroatoms. The van der Waals surface area contributed by atoms with Gasteiger partial charge in [-0.3, -0.25) is 4.79 Å². The summed E-state index contributed by atoms with van der Waals surface area (Å²) in [6.45, 7) is 12.5. The molecule has 2 fully saturated rings. The average Bonchev–Trinajstić information content (AvgIpc) is 3.00. The quantitative estimate of drug-likeness (QED) is 0.239. The van der Waals surface area contributed by atoms with Crippen LogP contribution in [0.5, 0.6) is 0 Å². The lowest BCUT2D eigenvalue weighted by atomic mass is 9.57. The summed E-state index contributed by atoms with van der Waals surface area (Å²) in [6.07, 6.45) is 9.83. The fourth-order valence-electron chi connectivity index (χ4n) is 6.07. The third kappa shape index (κ3) is 4.67. The van der Waals surface area contributed by atoms with E-state index in [9.17, 15) is 9.59 Å². The highest BCUT2D eigenvalue weighted by Crippen LogP contribution is 2.60. The largest absolute Gasteiger partial charge is 0.466 e. The summed E-state index contributed by atoms with van der Waals surface area (Å²) in [5.41, 5.74) is 1.70. The van der Waals surface area contributed by atoms with Gasteiger partial charge in [-0.2, -0.15) is 0 Å². The Kier molecular flexibility index (Phi) is 6.85. The molecule has 1 saturated carbocycles. The lowest BCUT2D eigenvalue weighted by Crippen LogP contribution is -2.40. The van der Waals surface area contributed by atoms with Gasteiger partial charge in [0.1, 0.15) is 12.0 Å². The maximum absolute atomic E-state index is 12.4. The Morgan fingerprint density at radius 2 is 1.90 bits per heavy atom. The monoisotopic (exact) mass is 430 g/mol. The highest BCUT2D eigenvalue weighted by Gasteiger charge is 2.56. The van der Waals surface area contributed by atoms with Crippen molar-refractivity contribution >= 4 is 12.3 Å². The minimum absolute atomic E-state index is 0.0154. The third-order valence-corrected chi connectivity index (χ3v) is 7.72. The number of fused-ring (bicyclic) bond motifs is 3. The van der Waals surface area contributed by atoms with Crippen molar-refractivity contribution in [2.24, 2.45) is 35.0 Å². The minimum Gasteiger partial charge on any atom is -0.466 e. The van der Waals surface area contributed by atoms with Crippen LogP contribution in [-0.4, -0.2) is 25.2 Å². The summed E-state index contributed by atoms with van der Waals surface area (Å²) in [5.74, 6) is 0.898. The number of allylic oxidation sites excluding steroid dienone is 4. The van der Waals surface area contributed by atoms with Gasteiger partial charge in [0.2, 0.25) is 5.79 Å². The number of aldehydes is 1. The molecule has 6 unspecified atom stereocenters. The van der Waals surface area contributed by atoms with Gasteiger partial charge in [-0.15, -0.1) is 0 Å². The Morgan fingerprint density at radius 1 is 1.19 bits per heavy atom. The van der Waals surface area contributed by atoms with E-state index in [1.807, 2.05) is 26.8 Å². The molecule has 1 heterocycles. The molecule has 0 radical (unpaired) electrons. The molecule has 0 amide bonds. The molecule has 0 spiro atoms. The molecule has 1 aliphatic heterocycles. The van der Waals surface area contributed by atoms with Crippen molar-refractivity contribution < 1.29 is 23.8 Å². The summed E-state index contributed by atoms with van der Waals surface area (Å²) in [6, 6.07) is 0. The highest BCUT2D eigenvalue weighted by atomic mass is 16.7. The highest BCUT2D eigenvalue weighted by molar-refractivity contribution is 5.83. The molecule has 0 N–H and O–H groups in total. The molecule has 0 aromatic rings. The second kappa shape index (κ2) is 8.93. The van der Waals surface area contributed by atoms with E-state index in [4.69, 9.17) is 14.2 Å². The van der Waals surface area contributed by atoms with E-state index >= 15 is 0 Å². The first-order chi connectivity index (χ1) is 14.5. The van der Waals surface area contributed by atoms with Crippen LogP contribution in [0.4, 0.5) is 0 Å². The number of methoxy groups -OCH3 is 1. The van der Waals surface area contributed by atoms with E-state index in [0.29, 0.717) is 18.3 Å². The van der Waals surface area contributed by atoms with Crippen molar-refractivity contribution in [3.8, 4) is 0 Å². The van der Waals surface area contributed by atoms with E-state index in [-0.39, 0.29) is 29.1 Å². The van der Waals surface area contributed by atoms with Gasteiger partial charge in [-0.05, 0) is 68.3 Å². The molecule has 0 aromatic carbocycles. The molecule has 1 saturated heterocycles. The molecule has 172 valence electrons. The molecule has 31 heavy (non-hydrogen) atoms. The van der Waals surface area contributed by atoms with Gasteiger partial charge >= 0.3 is 5.97 Å². The molecule has 2 aliphatic carbocycles. The van der Waals surface area contributed by atoms with Crippen LogP contribution in [0, 0.1) is 35.0 Å². The molecule has 0 aromatic heterocycles. The van der Waals surface area contributed by atoms with Crippen molar-refractivity contribution in [2.75, 3.05) is 7.11 Å². The molecular formula is C26H38O5. The van der Waals surface area contributed by atoms with Crippen molar-refractivity contribution in [3.05, 3.63) is 35.3 Å². The standard InChI is InChI=1S/C26H38O5/c1-16(2)12-23(28)30-11-9-22-20-14-26(6,29-7)31-24(20)21(15-27)19-13-25(22,5)10-8-18(19)17(3)4/h9,11-12,15,17-20,22H,8,10,13-14H2,1-7H3. The Morgan fingerprint density at radius 3 is 2.48 bits per heavy atom. The van der Waals surface area contributed by atoms with Crippen molar-refractivity contribution in [3.63, 3.8) is 0 Å². The number of carbonyl (C=O) groups excluding carboxylic acids is 2. The average molecular weight is 431 g/mol. The zero-order chi connectivity index (χ0) is 23.0. The van der Waals surface area contributed by atoms with Crippen LogP contribution in [0.2, 0.25) is 0 Å². The first kappa shape index (κ1) is 23.8. The van der Waals surface area contributed by atoms with Crippen molar-refractivity contribution in [1.82, 2.24) is 0 Å². The van der Waals surface area contributed by atoms with Gasteiger partial charge in [0.05, 0.1) is 6.26 Å². The minimum atomic E-state index is -0.756. The van der Waals surface area contributed by atoms with Crippen LogP contribution in [-0.2, 0) is 23.8 Å². The summed E-state index contributed by atoms with van der Waals surface area (Å²) >= 11 is 0. The normalized spacial score (nSPS) is 37.3. The third-order valence-electron chi connectivity index (χ3n) is 7.72. The van der Waals surface area contributed by atoms with Crippen LogP contribution >= 0.6 is 0 Å². The SMILES string of the molecule is COC1(C)CC2C(=C(C=O)C3CC(C)(CCC3C(C)C)C2C=COC(=O)C=C(C)C)O1. The first-order valence-corrected chi connectivity index (χ1v) is 11.5. The Labute approximate surface area is 186 Å². The molecular weight excluding hydrogens is 392 g/mol. The zero-order valence-electron chi connectivity index (χ0n) is 20.1. The van der Waals surface area contributed by atoms with Crippen LogP contribution in [0.25, 0.3) is 0 Å². The fourth-order valence-corrected chi connectivity index (χ4v) is 6.07. The maximum atomic E-state index is 12.4. The second-order valence-corrected chi connectivity index (χ2v) is 10.6. The molecule has 2 bridgehead atoms. The van der Waals surface area contributed by atoms with E-state index in [2.05, 4.69) is 20.8 Å². The van der Waals surface area contributed by atoms with Crippen LogP contribution < -0.4 is 0 Å². The first-order valence-electron chi connectivity index (χ1n) is 11.5. The number of ether oxygens (including phenoxy) is 3. The summed E-state index contributed by atoms with van der Waals surface area (Å²) < 4.78 is 17.4. The summed E-state index contributed by atoms with van der Waals surface area (Å²) in [7, 11) is 1.65. The van der Waals surface area contributed by atoms with Crippen LogP contribution in [0.1, 0.15) is 67.2 Å². The fraction of sp³-hybridized carbons (Fsp3) is 0.692. The van der Waals surface area contributed by atoms with E-state index in [0.717, 1.165) is 42.5 Å². The lowest BCUT2D eigenvalue weighted by Gasteiger charge is -2.47. The van der Waals surface area contributed by atoms with E-state index in [1.165, 1.54) is 12.3 Å². The van der Waals surface area contributed by atoms with Gasteiger partial charge in [0.25, 0.3) is 0 Å². The van der Waals surface area contributed by atoms with Gasteiger partial charge in [-0.25, -0.2) is 4.79 Å².